The van der Waals surface area contributed by atoms with Crippen LogP contribution in [0.15, 0.2) is 4.52 Å². The molecule has 1 aliphatic heterocycles. The smallest absolute Gasteiger partial charge is 0.138 e. The van der Waals surface area contributed by atoms with Gasteiger partial charge in [-0.1, -0.05) is 5.16 Å². The van der Waals surface area contributed by atoms with E-state index in [1.807, 2.05) is 6.92 Å². The number of nitrogens with one attached hydrogen (secondary N) is 1. The van der Waals surface area contributed by atoms with Gasteiger partial charge in [0.05, 0.1) is 5.69 Å². The zero-order valence-corrected chi connectivity index (χ0v) is 13.4. The van der Waals surface area contributed by atoms with Crippen molar-refractivity contribution in [2.75, 3.05) is 13.1 Å². The molecule has 1 aromatic heterocycles. The van der Waals surface area contributed by atoms with Crippen molar-refractivity contribution in [3.63, 3.8) is 0 Å². The van der Waals surface area contributed by atoms with Crippen LogP contribution in [0, 0.1) is 19.8 Å². The first-order chi connectivity index (χ1) is 9.42. The van der Waals surface area contributed by atoms with Gasteiger partial charge in [-0.3, -0.25) is 4.90 Å². The molecule has 0 aromatic carbocycles. The van der Waals surface area contributed by atoms with Crippen LogP contribution >= 0.6 is 0 Å². The van der Waals surface area contributed by atoms with Gasteiger partial charge in [0.15, 0.2) is 0 Å². The molecule has 0 radical (unpaired) electrons. The van der Waals surface area contributed by atoms with Crippen LogP contribution in [-0.2, 0) is 0 Å². The quantitative estimate of drug-likeness (QED) is 0.922. The Kier molecular flexibility index (Phi) is 3.41. The summed E-state index contributed by atoms with van der Waals surface area (Å²) in [6.45, 7) is 13.3. The van der Waals surface area contributed by atoms with Gasteiger partial charge in [-0.25, -0.2) is 0 Å². The molecule has 1 N–H and O–H groups in total. The van der Waals surface area contributed by atoms with Crippen molar-refractivity contribution in [1.82, 2.24) is 15.4 Å². The lowest BCUT2D eigenvalue weighted by Crippen LogP contribution is -2.63. The van der Waals surface area contributed by atoms with Gasteiger partial charge in [-0.2, -0.15) is 0 Å². The first-order valence-electron chi connectivity index (χ1n) is 7.86. The lowest BCUT2D eigenvalue weighted by Gasteiger charge is -2.48. The van der Waals surface area contributed by atoms with Crippen LogP contribution < -0.4 is 5.32 Å². The van der Waals surface area contributed by atoms with Gasteiger partial charge >= 0.3 is 0 Å². The van der Waals surface area contributed by atoms with Crippen LogP contribution in [0.2, 0.25) is 0 Å². The summed E-state index contributed by atoms with van der Waals surface area (Å²) in [6, 6.07) is 0.918. The van der Waals surface area contributed by atoms with E-state index >= 15 is 0 Å². The average molecular weight is 277 g/mol. The van der Waals surface area contributed by atoms with E-state index in [-0.39, 0.29) is 5.54 Å². The van der Waals surface area contributed by atoms with Gasteiger partial charge in [-0.05, 0) is 53.4 Å². The third kappa shape index (κ3) is 2.29. The number of piperazine rings is 1. The number of rotatable bonds is 3. The maximum Gasteiger partial charge on any atom is 0.138 e. The van der Waals surface area contributed by atoms with Crippen LogP contribution in [0.5, 0.6) is 0 Å². The zero-order valence-electron chi connectivity index (χ0n) is 13.4. The molecule has 2 heterocycles. The van der Waals surface area contributed by atoms with Gasteiger partial charge in [-0.15, -0.1) is 0 Å². The fourth-order valence-electron chi connectivity index (χ4n) is 3.85. The summed E-state index contributed by atoms with van der Waals surface area (Å²) in [5, 5.41) is 7.91. The molecule has 0 amide bonds. The van der Waals surface area contributed by atoms with Gasteiger partial charge in [0.1, 0.15) is 5.76 Å². The van der Waals surface area contributed by atoms with Crippen LogP contribution in [0.3, 0.4) is 0 Å². The maximum absolute atomic E-state index is 5.36. The highest BCUT2D eigenvalue weighted by molar-refractivity contribution is 5.25. The van der Waals surface area contributed by atoms with Gasteiger partial charge in [0.25, 0.3) is 0 Å². The Balaban J connectivity index is 1.83. The minimum absolute atomic E-state index is 0.278. The highest BCUT2D eigenvalue weighted by atomic mass is 16.5. The summed E-state index contributed by atoms with van der Waals surface area (Å²) in [5.41, 5.74) is 2.59. The molecule has 4 heteroatoms. The van der Waals surface area contributed by atoms with Crippen LogP contribution in [0.1, 0.15) is 56.7 Å². The molecule has 4 nitrogen and oxygen atoms in total. The molecule has 1 aromatic rings. The molecule has 112 valence electrons. The highest BCUT2D eigenvalue weighted by Crippen LogP contribution is 2.43. The van der Waals surface area contributed by atoms with Crippen molar-refractivity contribution >= 4 is 0 Å². The molecule has 2 fully saturated rings. The lowest BCUT2D eigenvalue weighted by molar-refractivity contribution is 0.0510. The number of hydrogen-bond acceptors (Lipinski definition) is 4. The molecule has 1 saturated carbocycles. The molecule has 0 spiro atoms. The molecule has 2 aliphatic rings. The zero-order chi connectivity index (χ0) is 14.5. The number of hydrogen-bond donors (Lipinski definition) is 1. The molecule has 3 rings (SSSR count). The van der Waals surface area contributed by atoms with Crippen LogP contribution in [0.25, 0.3) is 0 Å². The summed E-state index contributed by atoms with van der Waals surface area (Å²) < 4.78 is 5.36. The summed E-state index contributed by atoms with van der Waals surface area (Å²) in [7, 11) is 0. The Hall–Kier alpha value is -0.870. The molecule has 0 bridgehead atoms. The third-order valence-electron chi connectivity index (χ3n) is 5.36. The predicted octanol–water partition coefficient (Wildman–Crippen LogP) is 2.81. The van der Waals surface area contributed by atoms with Crippen molar-refractivity contribution in [2.45, 2.75) is 65.1 Å². The lowest BCUT2D eigenvalue weighted by atomic mass is 9.89. The van der Waals surface area contributed by atoms with E-state index in [4.69, 9.17) is 4.52 Å². The van der Waals surface area contributed by atoms with E-state index in [2.05, 4.69) is 43.1 Å². The summed E-state index contributed by atoms with van der Waals surface area (Å²) in [6.07, 6.45) is 2.76. The molecule has 3 atom stereocenters. The number of nitrogens with zero attached hydrogens (tertiary/aromatic N) is 2. The van der Waals surface area contributed by atoms with Crippen molar-refractivity contribution in [3.8, 4) is 0 Å². The second-order valence-corrected chi connectivity index (χ2v) is 7.01. The Labute approximate surface area is 121 Å². The summed E-state index contributed by atoms with van der Waals surface area (Å²) in [5.74, 6) is 1.82. The number of aromatic nitrogens is 1. The second kappa shape index (κ2) is 4.85. The predicted molar refractivity (Wildman–Crippen MR) is 79.7 cm³/mol. The topological polar surface area (TPSA) is 41.3 Å². The van der Waals surface area contributed by atoms with Crippen molar-refractivity contribution in [2.24, 2.45) is 5.92 Å². The monoisotopic (exact) mass is 277 g/mol. The summed E-state index contributed by atoms with van der Waals surface area (Å²) in [4.78, 5) is 2.63. The second-order valence-electron chi connectivity index (χ2n) is 7.01. The molecule has 1 aliphatic carbocycles. The fraction of sp³-hybridized carbons (Fsp3) is 0.812. The van der Waals surface area contributed by atoms with E-state index in [0.29, 0.717) is 12.1 Å². The summed E-state index contributed by atoms with van der Waals surface area (Å²) >= 11 is 0. The molecular formula is C16H27N3O. The fourth-order valence-corrected chi connectivity index (χ4v) is 3.85. The largest absolute Gasteiger partial charge is 0.361 e. The molecule has 3 unspecified atom stereocenters. The minimum atomic E-state index is 0.278. The van der Waals surface area contributed by atoms with E-state index in [0.717, 1.165) is 30.5 Å². The standard InChI is InChI=1S/C16H27N3O/c1-10-8-17-16(5,14-6-7-14)9-19(10)12(3)15-11(2)18-20-13(15)4/h10,12,14,17H,6-9H2,1-5H3. The normalized spacial score (nSPS) is 33.4. The van der Waals surface area contributed by atoms with Gasteiger partial charge < -0.3 is 9.84 Å². The highest BCUT2D eigenvalue weighted by Gasteiger charge is 2.46. The molecule has 20 heavy (non-hydrogen) atoms. The average Bonchev–Trinajstić information content (AvgIpc) is 3.20. The Morgan fingerprint density at radius 3 is 2.65 bits per heavy atom. The van der Waals surface area contributed by atoms with E-state index < -0.39 is 0 Å². The van der Waals surface area contributed by atoms with E-state index in [9.17, 15) is 0 Å². The Morgan fingerprint density at radius 1 is 1.40 bits per heavy atom. The van der Waals surface area contributed by atoms with Crippen LogP contribution in [-0.4, -0.2) is 34.7 Å². The van der Waals surface area contributed by atoms with Crippen molar-refractivity contribution < 1.29 is 4.52 Å². The van der Waals surface area contributed by atoms with Crippen molar-refractivity contribution in [3.05, 3.63) is 17.0 Å². The van der Waals surface area contributed by atoms with E-state index in [1.54, 1.807) is 0 Å². The Bertz CT molecular complexity index is 474. The Morgan fingerprint density at radius 2 is 2.10 bits per heavy atom. The van der Waals surface area contributed by atoms with Crippen LogP contribution in [0.4, 0.5) is 0 Å². The SMILES string of the molecule is Cc1noc(C)c1C(C)N1CC(C)(C2CC2)NCC1C. The third-order valence-corrected chi connectivity index (χ3v) is 5.36. The molecular weight excluding hydrogens is 250 g/mol. The molecule has 1 saturated heterocycles. The first-order valence-corrected chi connectivity index (χ1v) is 7.86. The number of aryl methyl sites for hydroxylation is 2. The van der Waals surface area contributed by atoms with Gasteiger partial charge in [0, 0.05) is 36.3 Å². The minimum Gasteiger partial charge on any atom is -0.361 e. The first kappa shape index (κ1) is 14.1. The van der Waals surface area contributed by atoms with Crippen molar-refractivity contribution in [1.29, 1.82) is 0 Å². The van der Waals surface area contributed by atoms with Gasteiger partial charge in [0.2, 0.25) is 0 Å². The maximum atomic E-state index is 5.36. The van der Waals surface area contributed by atoms with E-state index in [1.165, 1.54) is 18.4 Å².